The van der Waals surface area contributed by atoms with E-state index >= 15 is 0 Å². The van der Waals surface area contributed by atoms with Gasteiger partial charge in [0.05, 0.1) is 5.92 Å². The fraction of sp³-hybridized carbons (Fsp3) is 0.400. The van der Waals surface area contributed by atoms with Crippen LogP contribution in [-0.4, -0.2) is 5.91 Å². The van der Waals surface area contributed by atoms with Crippen LogP contribution in [-0.2, 0) is 4.79 Å². The van der Waals surface area contributed by atoms with E-state index in [1.165, 1.54) is 0 Å². The summed E-state index contributed by atoms with van der Waals surface area (Å²) in [4.78, 5) is 10.3. The number of amides is 1. The Labute approximate surface area is 42.2 Å². The topological polar surface area (TPSA) is 29.1 Å². The molecule has 2 heteroatoms. The van der Waals surface area contributed by atoms with Crippen LogP contribution in [0.1, 0.15) is 6.92 Å². The van der Waals surface area contributed by atoms with Crippen molar-refractivity contribution in [3.05, 3.63) is 12.3 Å². The maximum absolute atomic E-state index is 10.3. The molecule has 7 heavy (non-hydrogen) atoms. The van der Waals surface area contributed by atoms with Crippen LogP contribution in [0.25, 0.3) is 0 Å². The van der Waals surface area contributed by atoms with Gasteiger partial charge in [0.15, 0.2) is 0 Å². The molecule has 1 rings (SSSR count). The maximum atomic E-state index is 10.3. The molecule has 0 radical (unpaired) electrons. The monoisotopic (exact) mass is 97.1 g/mol. The first kappa shape index (κ1) is 4.37. The molecule has 0 aromatic rings. The minimum Gasteiger partial charge on any atom is -0.329 e. The molecule has 2 nitrogen and oxygen atoms in total. The van der Waals surface area contributed by atoms with Crippen LogP contribution >= 0.6 is 0 Å². The normalized spacial score (nSPS) is 29.0. The van der Waals surface area contributed by atoms with E-state index in [-0.39, 0.29) is 11.8 Å². The van der Waals surface area contributed by atoms with Gasteiger partial charge in [0.25, 0.3) is 0 Å². The molecule has 0 spiro atoms. The zero-order valence-corrected chi connectivity index (χ0v) is 4.19. The van der Waals surface area contributed by atoms with E-state index in [1.807, 2.05) is 6.92 Å². The van der Waals surface area contributed by atoms with Gasteiger partial charge in [-0.1, -0.05) is 6.58 Å². The molecule has 1 aliphatic heterocycles. The Balaban J connectivity index is 2.59. The van der Waals surface area contributed by atoms with Crippen LogP contribution in [0.3, 0.4) is 0 Å². The van der Waals surface area contributed by atoms with Crippen molar-refractivity contribution >= 4 is 5.91 Å². The summed E-state index contributed by atoms with van der Waals surface area (Å²) < 4.78 is 0. The molecule has 1 heterocycles. The van der Waals surface area contributed by atoms with E-state index in [1.54, 1.807) is 0 Å². The fourth-order valence-corrected chi connectivity index (χ4v) is 0.455. The first-order chi connectivity index (χ1) is 3.22. The summed E-state index contributed by atoms with van der Waals surface area (Å²) in [6.45, 7) is 5.39. The zero-order chi connectivity index (χ0) is 5.44. The molecule has 0 aliphatic carbocycles. The first-order valence-electron chi connectivity index (χ1n) is 2.21. The number of hydrogen-bond acceptors (Lipinski definition) is 1. The Hall–Kier alpha value is -0.790. The average molecular weight is 97.1 g/mol. The molecule has 0 aromatic carbocycles. The summed E-state index contributed by atoms with van der Waals surface area (Å²) in [5, 5.41) is 2.52. The van der Waals surface area contributed by atoms with Gasteiger partial charge < -0.3 is 5.32 Å². The highest BCUT2D eigenvalue weighted by Crippen LogP contribution is 2.14. The molecular formula is C5H7NO. The molecule has 0 bridgehead atoms. The predicted octanol–water partition coefficient (Wildman–Crippen LogP) is 0.266. The summed E-state index contributed by atoms with van der Waals surface area (Å²) in [5.41, 5.74) is 0.838. The van der Waals surface area contributed by atoms with Gasteiger partial charge in [0.2, 0.25) is 5.91 Å². The lowest BCUT2D eigenvalue weighted by molar-refractivity contribution is -0.127. The largest absolute Gasteiger partial charge is 0.329 e. The molecule has 0 saturated carbocycles. The Morgan fingerprint density at radius 3 is 2.43 bits per heavy atom. The van der Waals surface area contributed by atoms with Crippen LogP contribution in [0.5, 0.6) is 0 Å². The second-order valence-electron chi connectivity index (χ2n) is 1.74. The number of nitrogens with one attached hydrogen (secondary N) is 1. The third-order valence-corrected chi connectivity index (χ3v) is 1.20. The van der Waals surface area contributed by atoms with Crippen molar-refractivity contribution in [3.8, 4) is 0 Å². The second kappa shape index (κ2) is 1.09. The van der Waals surface area contributed by atoms with Crippen molar-refractivity contribution in [3.63, 3.8) is 0 Å². The number of hydrogen-bond donors (Lipinski definition) is 1. The Morgan fingerprint density at radius 1 is 1.86 bits per heavy atom. The van der Waals surface area contributed by atoms with Crippen LogP contribution in [0, 0.1) is 5.92 Å². The standard InChI is InChI=1S/C5H7NO/c1-3-4(2)6-5(3)7/h3H,2H2,1H3,(H,6,7)/t3-/m0/s1. The third kappa shape index (κ3) is 0.427. The molecule has 1 aliphatic rings. The van der Waals surface area contributed by atoms with Crippen LogP contribution in [0.2, 0.25) is 0 Å². The van der Waals surface area contributed by atoms with E-state index in [0.717, 1.165) is 5.70 Å². The molecule has 1 fully saturated rings. The lowest BCUT2D eigenvalue weighted by Crippen LogP contribution is -2.43. The molecule has 0 aromatic heterocycles. The highest BCUT2D eigenvalue weighted by Gasteiger charge is 2.26. The van der Waals surface area contributed by atoms with E-state index < -0.39 is 0 Å². The van der Waals surface area contributed by atoms with Gasteiger partial charge >= 0.3 is 0 Å². The zero-order valence-electron chi connectivity index (χ0n) is 4.19. The summed E-state index contributed by atoms with van der Waals surface area (Å²) in [6.07, 6.45) is 0. The van der Waals surface area contributed by atoms with Gasteiger partial charge in [-0.3, -0.25) is 4.79 Å². The third-order valence-electron chi connectivity index (χ3n) is 1.20. The highest BCUT2D eigenvalue weighted by molar-refractivity contribution is 5.89. The minimum atomic E-state index is 0.0556. The van der Waals surface area contributed by atoms with Gasteiger partial charge in [-0.15, -0.1) is 0 Å². The highest BCUT2D eigenvalue weighted by atomic mass is 16.2. The Kier molecular flexibility index (Phi) is 0.680. The van der Waals surface area contributed by atoms with Crippen molar-refractivity contribution in [2.45, 2.75) is 6.92 Å². The summed E-state index contributed by atoms with van der Waals surface area (Å²) in [6, 6.07) is 0. The van der Waals surface area contributed by atoms with Gasteiger partial charge in [0.1, 0.15) is 0 Å². The Bertz CT molecular complexity index is 114. The number of β-lactam (4-membered cyclic amide) rings is 1. The molecule has 1 atom stereocenters. The molecule has 38 valence electrons. The fourth-order valence-electron chi connectivity index (χ4n) is 0.455. The van der Waals surface area contributed by atoms with E-state index in [9.17, 15) is 4.79 Å². The summed E-state index contributed by atoms with van der Waals surface area (Å²) >= 11 is 0. The van der Waals surface area contributed by atoms with E-state index in [2.05, 4.69) is 11.9 Å². The van der Waals surface area contributed by atoms with Crippen molar-refractivity contribution in [2.75, 3.05) is 0 Å². The molecule has 1 amide bonds. The smallest absolute Gasteiger partial charge is 0.232 e. The number of rotatable bonds is 0. The lowest BCUT2D eigenvalue weighted by atomic mass is 10.0. The number of carbonyl (C=O) groups excluding carboxylic acids is 1. The SMILES string of the molecule is C=C1NC(=O)[C@H]1C. The molecule has 1 saturated heterocycles. The lowest BCUT2D eigenvalue weighted by Gasteiger charge is -2.24. The van der Waals surface area contributed by atoms with Crippen molar-refractivity contribution in [1.82, 2.24) is 5.32 Å². The Morgan fingerprint density at radius 2 is 2.43 bits per heavy atom. The van der Waals surface area contributed by atoms with Crippen LogP contribution in [0.15, 0.2) is 12.3 Å². The van der Waals surface area contributed by atoms with Gasteiger partial charge in [-0.2, -0.15) is 0 Å². The van der Waals surface area contributed by atoms with Gasteiger partial charge in [-0.05, 0) is 6.92 Å². The van der Waals surface area contributed by atoms with Crippen LogP contribution < -0.4 is 5.32 Å². The summed E-state index contributed by atoms with van der Waals surface area (Å²) in [7, 11) is 0. The number of carbonyl (C=O) groups is 1. The quantitative estimate of drug-likeness (QED) is 0.432. The molecular weight excluding hydrogens is 90.1 g/mol. The maximum Gasteiger partial charge on any atom is 0.232 e. The van der Waals surface area contributed by atoms with E-state index in [0.29, 0.717) is 0 Å². The first-order valence-corrected chi connectivity index (χ1v) is 2.21. The predicted molar refractivity (Wildman–Crippen MR) is 26.4 cm³/mol. The van der Waals surface area contributed by atoms with Crippen molar-refractivity contribution in [2.24, 2.45) is 5.92 Å². The van der Waals surface area contributed by atoms with Crippen molar-refractivity contribution in [1.29, 1.82) is 0 Å². The molecule has 0 unspecified atom stereocenters. The van der Waals surface area contributed by atoms with Gasteiger partial charge in [-0.25, -0.2) is 0 Å². The molecule has 1 N–H and O–H groups in total. The van der Waals surface area contributed by atoms with Crippen LogP contribution in [0.4, 0.5) is 0 Å². The average Bonchev–Trinajstić information content (AvgIpc) is 1.68. The van der Waals surface area contributed by atoms with E-state index in [4.69, 9.17) is 0 Å². The second-order valence-corrected chi connectivity index (χ2v) is 1.74. The summed E-state index contributed by atoms with van der Waals surface area (Å²) in [5.74, 6) is 0.144. The minimum absolute atomic E-state index is 0.0556. The van der Waals surface area contributed by atoms with Gasteiger partial charge in [0, 0.05) is 5.70 Å². The van der Waals surface area contributed by atoms with Crippen molar-refractivity contribution < 1.29 is 4.79 Å².